The van der Waals surface area contributed by atoms with Crippen LogP contribution in [0.2, 0.25) is 0 Å². The first-order valence-corrected chi connectivity index (χ1v) is 6.18. The molecule has 2 heterocycles. The maximum atomic E-state index is 9.31. The fourth-order valence-corrected chi connectivity index (χ4v) is 2.39. The van der Waals surface area contributed by atoms with E-state index in [2.05, 4.69) is 42.2 Å². The Labute approximate surface area is 111 Å². The van der Waals surface area contributed by atoms with Gasteiger partial charge < -0.3 is 4.57 Å². The van der Waals surface area contributed by atoms with Gasteiger partial charge in [0, 0.05) is 22.7 Å². The first-order valence-electron chi connectivity index (χ1n) is 6.18. The molecule has 2 aromatic heterocycles. The Morgan fingerprint density at radius 2 is 2.21 bits per heavy atom. The molecule has 0 bridgehead atoms. The minimum absolute atomic E-state index is 0.658. The third kappa shape index (κ3) is 1.80. The zero-order valence-corrected chi connectivity index (χ0v) is 10.9. The number of fused-ring (bicyclic) bond motifs is 1. The third-order valence-corrected chi connectivity index (χ3v) is 3.64. The van der Waals surface area contributed by atoms with Crippen LogP contribution in [0.1, 0.15) is 22.4 Å². The summed E-state index contributed by atoms with van der Waals surface area (Å²) in [5, 5.41) is 17.2. The minimum atomic E-state index is 0.658. The van der Waals surface area contributed by atoms with Gasteiger partial charge in [0.25, 0.3) is 0 Å². The predicted octanol–water partition coefficient (Wildman–Crippen LogP) is 2.90. The summed E-state index contributed by atoms with van der Waals surface area (Å²) < 4.78 is 2.03. The number of nitrogens with one attached hydrogen (secondary N) is 1. The zero-order chi connectivity index (χ0) is 13.4. The van der Waals surface area contributed by atoms with Crippen molar-refractivity contribution in [2.45, 2.75) is 20.4 Å². The van der Waals surface area contributed by atoms with Crippen LogP contribution in [0.5, 0.6) is 0 Å². The molecule has 0 aliphatic rings. The van der Waals surface area contributed by atoms with E-state index in [0.717, 1.165) is 16.5 Å². The fourth-order valence-electron chi connectivity index (χ4n) is 2.39. The minimum Gasteiger partial charge on any atom is -0.328 e. The van der Waals surface area contributed by atoms with E-state index in [1.807, 2.05) is 16.8 Å². The Bertz CT molecular complexity index is 773. The number of benzene rings is 1. The van der Waals surface area contributed by atoms with E-state index in [0.29, 0.717) is 12.2 Å². The van der Waals surface area contributed by atoms with Gasteiger partial charge in [0.05, 0.1) is 12.7 Å². The normalized spacial score (nSPS) is 10.8. The van der Waals surface area contributed by atoms with Gasteiger partial charge in [0.15, 0.2) is 0 Å². The van der Waals surface area contributed by atoms with Gasteiger partial charge in [-0.15, -0.1) is 0 Å². The van der Waals surface area contributed by atoms with Gasteiger partial charge >= 0.3 is 0 Å². The average Bonchev–Trinajstić information content (AvgIpc) is 3.03. The van der Waals surface area contributed by atoms with Crippen molar-refractivity contribution in [3.05, 3.63) is 53.0 Å². The van der Waals surface area contributed by atoms with Crippen molar-refractivity contribution in [2.75, 3.05) is 0 Å². The summed E-state index contributed by atoms with van der Waals surface area (Å²) in [6, 6.07) is 8.43. The summed E-state index contributed by atoms with van der Waals surface area (Å²) in [6.45, 7) is 4.85. The summed E-state index contributed by atoms with van der Waals surface area (Å²) in [6.07, 6.45) is 3.64. The van der Waals surface area contributed by atoms with Crippen LogP contribution in [0, 0.1) is 25.2 Å². The van der Waals surface area contributed by atoms with Crippen molar-refractivity contribution in [2.24, 2.45) is 0 Å². The van der Waals surface area contributed by atoms with Crippen molar-refractivity contribution < 1.29 is 0 Å². The van der Waals surface area contributed by atoms with Crippen molar-refractivity contribution in [1.29, 1.82) is 5.26 Å². The second kappa shape index (κ2) is 4.29. The number of aryl methyl sites for hydroxylation is 2. The molecule has 0 spiro atoms. The van der Waals surface area contributed by atoms with E-state index in [1.54, 1.807) is 6.20 Å². The molecule has 0 fully saturated rings. The van der Waals surface area contributed by atoms with Gasteiger partial charge in [-0.25, -0.2) is 0 Å². The molecular formula is C15H14N4. The molecule has 0 amide bonds. The molecule has 0 saturated heterocycles. The van der Waals surface area contributed by atoms with Crippen LogP contribution in [0.3, 0.4) is 0 Å². The topological polar surface area (TPSA) is 57.4 Å². The zero-order valence-electron chi connectivity index (χ0n) is 10.9. The van der Waals surface area contributed by atoms with Crippen LogP contribution in [0.4, 0.5) is 0 Å². The third-order valence-electron chi connectivity index (χ3n) is 3.64. The van der Waals surface area contributed by atoms with E-state index in [4.69, 9.17) is 0 Å². The van der Waals surface area contributed by atoms with E-state index in [-0.39, 0.29) is 0 Å². The molecule has 3 rings (SSSR count). The van der Waals surface area contributed by atoms with Crippen LogP contribution < -0.4 is 0 Å². The summed E-state index contributed by atoms with van der Waals surface area (Å²) in [7, 11) is 0. The molecule has 0 unspecified atom stereocenters. The molecule has 94 valence electrons. The molecule has 3 aromatic rings. The Kier molecular flexibility index (Phi) is 2.60. The number of hydrogen-bond donors (Lipinski definition) is 1. The Morgan fingerprint density at radius 3 is 2.89 bits per heavy atom. The monoisotopic (exact) mass is 250 g/mol. The van der Waals surface area contributed by atoms with Crippen LogP contribution in [-0.4, -0.2) is 14.8 Å². The summed E-state index contributed by atoms with van der Waals surface area (Å²) >= 11 is 0. The number of hydrogen-bond acceptors (Lipinski definition) is 2. The second-order valence-electron chi connectivity index (χ2n) is 4.77. The number of nitriles is 1. The predicted molar refractivity (Wildman–Crippen MR) is 73.8 cm³/mol. The van der Waals surface area contributed by atoms with Crippen LogP contribution in [-0.2, 0) is 6.54 Å². The van der Waals surface area contributed by atoms with E-state index in [1.165, 1.54) is 11.1 Å². The highest BCUT2D eigenvalue weighted by Gasteiger charge is 2.11. The molecule has 0 aliphatic carbocycles. The highest BCUT2D eigenvalue weighted by atomic mass is 15.1. The largest absolute Gasteiger partial charge is 0.328 e. The number of aromatic amines is 1. The highest BCUT2D eigenvalue weighted by Crippen LogP contribution is 2.26. The van der Waals surface area contributed by atoms with Crippen LogP contribution >= 0.6 is 0 Å². The molecule has 0 saturated carbocycles. The summed E-state index contributed by atoms with van der Waals surface area (Å²) in [4.78, 5) is 0. The lowest BCUT2D eigenvalue weighted by Crippen LogP contribution is -2.01. The second-order valence-corrected chi connectivity index (χ2v) is 4.77. The summed E-state index contributed by atoms with van der Waals surface area (Å²) in [5.74, 6) is 0. The van der Waals surface area contributed by atoms with Gasteiger partial charge in [-0.2, -0.15) is 10.4 Å². The molecule has 1 N–H and O–H groups in total. The molecule has 0 aliphatic heterocycles. The first kappa shape index (κ1) is 11.5. The summed E-state index contributed by atoms with van der Waals surface area (Å²) in [5.41, 5.74) is 5.33. The van der Waals surface area contributed by atoms with Crippen molar-refractivity contribution in [3.8, 4) is 6.07 Å². The van der Waals surface area contributed by atoms with Gasteiger partial charge in [-0.1, -0.05) is 6.07 Å². The van der Waals surface area contributed by atoms with Crippen LogP contribution in [0.15, 0.2) is 30.6 Å². The van der Waals surface area contributed by atoms with Gasteiger partial charge in [-0.3, -0.25) is 5.10 Å². The SMILES string of the molecule is Cc1ccc2c(cc(C#N)n2Cc2cn[nH]c2)c1C. The standard InChI is InChI=1S/C15H14N4/c1-10-3-4-15-14(11(10)2)5-13(6-16)19(15)9-12-7-17-18-8-12/h3-5,7-8H,9H2,1-2H3,(H,17,18). The number of H-pyrrole nitrogens is 1. The molecule has 4 heteroatoms. The molecule has 1 aromatic carbocycles. The Balaban J connectivity index is 2.23. The quantitative estimate of drug-likeness (QED) is 0.760. The van der Waals surface area contributed by atoms with E-state index in [9.17, 15) is 5.26 Å². The lowest BCUT2D eigenvalue weighted by Gasteiger charge is -2.07. The van der Waals surface area contributed by atoms with Gasteiger partial charge in [-0.05, 0) is 37.1 Å². The molecule has 4 nitrogen and oxygen atoms in total. The Hall–Kier alpha value is -2.54. The van der Waals surface area contributed by atoms with Gasteiger partial charge in [0.2, 0.25) is 0 Å². The van der Waals surface area contributed by atoms with Crippen LogP contribution in [0.25, 0.3) is 10.9 Å². The van der Waals surface area contributed by atoms with E-state index >= 15 is 0 Å². The molecule has 0 radical (unpaired) electrons. The smallest absolute Gasteiger partial charge is 0.121 e. The lowest BCUT2D eigenvalue weighted by molar-refractivity contribution is 0.824. The molecular weight excluding hydrogens is 236 g/mol. The Morgan fingerprint density at radius 1 is 1.37 bits per heavy atom. The van der Waals surface area contributed by atoms with Crippen molar-refractivity contribution in [3.63, 3.8) is 0 Å². The molecule has 19 heavy (non-hydrogen) atoms. The maximum Gasteiger partial charge on any atom is 0.121 e. The number of rotatable bonds is 2. The van der Waals surface area contributed by atoms with Crippen molar-refractivity contribution in [1.82, 2.24) is 14.8 Å². The van der Waals surface area contributed by atoms with Crippen molar-refractivity contribution >= 4 is 10.9 Å². The highest BCUT2D eigenvalue weighted by molar-refractivity contribution is 5.86. The number of aromatic nitrogens is 3. The lowest BCUT2D eigenvalue weighted by atomic mass is 10.1. The fraction of sp³-hybridized carbons (Fsp3) is 0.200. The first-order chi connectivity index (χ1) is 9.20. The number of nitrogens with zero attached hydrogens (tertiary/aromatic N) is 3. The van der Waals surface area contributed by atoms with Gasteiger partial charge in [0.1, 0.15) is 11.8 Å². The van der Waals surface area contributed by atoms with E-state index < -0.39 is 0 Å². The molecule has 0 atom stereocenters. The maximum absolute atomic E-state index is 9.31. The average molecular weight is 250 g/mol.